The minimum Gasteiger partial charge on any atom is -0.462 e. The number of carbonyl (C=O) groups is 4. The quantitative estimate of drug-likeness (QED) is 0.0169. The zero-order chi connectivity index (χ0) is 73.2. The molecular weight excluding hydrogens is 1310 g/mol. The molecule has 0 radical (unpaired) electrons. The fourth-order valence-corrected chi connectivity index (χ4v) is 12.9. The van der Waals surface area contributed by atoms with E-state index >= 15 is 0 Å². The number of hydrogen-bond acceptors (Lipinski definition) is 15. The van der Waals surface area contributed by atoms with Crippen molar-refractivity contribution in [2.45, 2.75) is 393 Å². The molecular formula is C81H148O17P2. The molecule has 0 aromatic carbocycles. The molecule has 2 unspecified atom stereocenters. The molecule has 3 N–H and O–H groups in total. The Hall–Kier alpha value is -3.24. The summed E-state index contributed by atoms with van der Waals surface area (Å²) in [5, 5.41) is 10.6. The molecule has 0 fully saturated rings. The van der Waals surface area contributed by atoms with Gasteiger partial charge in [0.05, 0.1) is 26.4 Å². The van der Waals surface area contributed by atoms with Crippen LogP contribution in [0.4, 0.5) is 0 Å². The molecule has 584 valence electrons. The van der Waals surface area contributed by atoms with Gasteiger partial charge in [0, 0.05) is 25.7 Å². The maximum Gasteiger partial charge on any atom is 0.472 e. The Bertz CT molecular complexity index is 2130. The molecule has 0 saturated carbocycles. The van der Waals surface area contributed by atoms with Crippen LogP contribution >= 0.6 is 15.6 Å². The maximum atomic E-state index is 13.1. The Morgan fingerprint density at radius 3 is 0.800 bits per heavy atom. The monoisotopic (exact) mass is 1460 g/mol. The summed E-state index contributed by atoms with van der Waals surface area (Å²) in [6.45, 7) is 4.81. The van der Waals surface area contributed by atoms with Gasteiger partial charge >= 0.3 is 39.5 Å². The van der Waals surface area contributed by atoms with Gasteiger partial charge in [-0.3, -0.25) is 37.3 Å². The van der Waals surface area contributed by atoms with Crippen molar-refractivity contribution in [2.24, 2.45) is 0 Å². The summed E-state index contributed by atoms with van der Waals surface area (Å²) >= 11 is 0. The van der Waals surface area contributed by atoms with E-state index in [1.807, 2.05) is 0 Å². The maximum absolute atomic E-state index is 13.1. The zero-order valence-corrected chi connectivity index (χ0v) is 65.7. The molecule has 100 heavy (non-hydrogen) atoms. The third kappa shape index (κ3) is 73.1. The minimum atomic E-state index is -4.97. The average Bonchev–Trinajstić information content (AvgIpc) is 0.935. The van der Waals surface area contributed by atoms with Gasteiger partial charge in [0.15, 0.2) is 12.2 Å². The van der Waals surface area contributed by atoms with Crippen LogP contribution < -0.4 is 0 Å². The Labute approximate surface area is 610 Å². The first kappa shape index (κ1) is 96.8. The Kier molecular flexibility index (Phi) is 71.6. The second-order valence-electron chi connectivity index (χ2n) is 27.4. The lowest BCUT2D eigenvalue weighted by atomic mass is 10.0. The molecule has 0 aromatic heterocycles. The molecule has 0 heterocycles. The SMILES string of the molecule is CC/C=C\C/C=C\C/C=C\C/C=C\C/C=C\CCCCCC(=O)OC[C@H](COP(=O)(O)OC[C@@H](O)COP(=O)(O)OC[C@@H](COC(=O)CCCCCCCCCCCCCCCCC)OC(=O)CCCCCCCCCCCCCCC)OC(=O)CCCCCCCCCCCCCCC. The number of unbranched alkanes of at least 4 members (excludes halogenated alkanes) is 41. The second kappa shape index (κ2) is 74.0. The summed E-state index contributed by atoms with van der Waals surface area (Å²) < 4.78 is 68.6. The number of rotatable bonds is 77. The molecule has 0 aliphatic carbocycles. The van der Waals surface area contributed by atoms with Crippen molar-refractivity contribution < 1.29 is 80.2 Å². The fraction of sp³-hybridized carbons (Fsp3) is 0.827. The molecule has 0 aliphatic heterocycles. The van der Waals surface area contributed by atoms with Gasteiger partial charge in [0.25, 0.3) is 0 Å². The van der Waals surface area contributed by atoms with Crippen LogP contribution in [-0.4, -0.2) is 96.7 Å². The number of phosphoric ester groups is 2. The van der Waals surface area contributed by atoms with Gasteiger partial charge in [-0.2, -0.15) is 0 Å². The van der Waals surface area contributed by atoms with Gasteiger partial charge < -0.3 is 33.8 Å². The van der Waals surface area contributed by atoms with Crippen molar-refractivity contribution in [1.29, 1.82) is 0 Å². The first-order valence-corrected chi connectivity index (χ1v) is 43.5. The number of esters is 4. The Morgan fingerprint density at radius 1 is 0.290 bits per heavy atom. The van der Waals surface area contributed by atoms with Gasteiger partial charge in [-0.1, -0.05) is 339 Å². The summed E-state index contributed by atoms with van der Waals surface area (Å²) in [4.78, 5) is 73.0. The highest BCUT2D eigenvalue weighted by Crippen LogP contribution is 2.45. The van der Waals surface area contributed by atoms with Crippen LogP contribution in [0.3, 0.4) is 0 Å². The van der Waals surface area contributed by atoms with Crippen LogP contribution in [0.2, 0.25) is 0 Å². The highest BCUT2D eigenvalue weighted by atomic mass is 31.2. The first-order chi connectivity index (χ1) is 48.7. The number of carbonyl (C=O) groups excluding carboxylic acids is 4. The van der Waals surface area contributed by atoms with Gasteiger partial charge in [-0.05, 0) is 70.6 Å². The highest BCUT2D eigenvalue weighted by Gasteiger charge is 2.30. The van der Waals surface area contributed by atoms with E-state index in [4.69, 9.17) is 37.0 Å². The third-order valence-electron chi connectivity index (χ3n) is 17.5. The molecule has 5 atom stereocenters. The van der Waals surface area contributed by atoms with Crippen molar-refractivity contribution in [3.63, 3.8) is 0 Å². The van der Waals surface area contributed by atoms with E-state index in [-0.39, 0.29) is 25.7 Å². The first-order valence-electron chi connectivity index (χ1n) is 40.5. The van der Waals surface area contributed by atoms with Crippen molar-refractivity contribution >= 4 is 39.5 Å². The van der Waals surface area contributed by atoms with Gasteiger partial charge in [0.1, 0.15) is 19.3 Å². The molecule has 19 heteroatoms. The van der Waals surface area contributed by atoms with Gasteiger partial charge in [-0.15, -0.1) is 0 Å². The van der Waals surface area contributed by atoms with Crippen LogP contribution in [0.5, 0.6) is 0 Å². The molecule has 0 rings (SSSR count). The van der Waals surface area contributed by atoms with Crippen molar-refractivity contribution in [2.75, 3.05) is 39.6 Å². The number of hydrogen-bond donors (Lipinski definition) is 3. The highest BCUT2D eigenvalue weighted by molar-refractivity contribution is 7.47. The third-order valence-corrected chi connectivity index (χ3v) is 19.4. The normalized spacial score (nSPS) is 14.2. The summed E-state index contributed by atoms with van der Waals surface area (Å²) in [7, 11) is -9.94. The second-order valence-corrected chi connectivity index (χ2v) is 30.3. The lowest BCUT2D eigenvalue weighted by Crippen LogP contribution is -2.30. The summed E-state index contributed by atoms with van der Waals surface area (Å²) in [5.74, 6) is -2.17. The lowest BCUT2D eigenvalue weighted by Gasteiger charge is -2.21. The van der Waals surface area contributed by atoms with E-state index in [9.17, 15) is 43.2 Å². The van der Waals surface area contributed by atoms with E-state index in [1.165, 1.54) is 173 Å². The topological polar surface area (TPSA) is 237 Å². The predicted molar refractivity (Wildman–Crippen MR) is 409 cm³/mol. The van der Waals surface area contributed by atoms with Gasteiger partial charge in [0.2, 0.25) is 0 Å². The van der Waals surface area contributed by atoms with Gasteiger partial charge in [-0.25, -0.2) is 9.13 Å². The lowest BCUT2D eigenvalue weighted by molar-refractivity contribution is -0.161. The Morgan fingerprint density at radius 2 is 0.520 bits per heavy atom. The molecule has 0 spiro atoms. The smallest absolute Gasteiger partial charge is 0.462 e. The number of allylic oxidation sites excluding steroid dienone is 10. The van der Waals surface area contributed by atoms with Crippen molar-refractivity contribution in [3.8, 4) is 0 Å². The average molecular weight is 1460 g/mol. The molecule has 0 aliphatic rings. The Balaban J connectivity index is 5.31. The summed E-state index contributed by atoms with van der Waals surface area (Å²) in [6, 6.07) is 0. The predicted octanol–water partition coefficient (Wildman–Crippen LogP) is 23.5. The largest absolute Gasteiger partial charge is 0.472 e. The molecule has 0 aromatic rings. The summed E-state index contributed by atoms with van der Waals surface area (Å²) in [6.07, 6.45) is 73.4. The van der Waals surface area contributed by atoms with Crippen LogP contribution in [0.15, 0.2) is 60.8 Å². The van der Waals surface area contributed by atoms with Crippen LogP contribution in [0.25, 0.3) is 0 Å². The molecule has 0 saturated heterocycles. The van der Waals surface area contributed by atoms with E-state index in [0.29, 0.717) is 25.7 Å². The molecule has 0 amide bonds. The number of phosphoric acid groups is 2. The number of ether oxygens (including phenoxy) is 4. The van der Waals surface area contributed by atoms with Crippen LogP contribution in [-0.2, 0) is 65.4 Å². The van der Waals surface area contributed by atoms with E-state index < -0.39 is 97.5 Å². The standard InChI is InChI=1S/C81H148O17P2/c1-5-9-13-17-21-25-29-33-35-36-37-38-40-44-46-50-54-58-62-66-79(84)92-72-77(98-81(86)68-64-60-56-52-48-42-32-28-24-20-16-12-8-4)74-96-100(89,90)94-70-75(82)69-93-99(87,88)95-73-76(97-80(85)67-63-59-55-51-47-41-31-27-23-19-15-11-7-3)71-91-78(83)65-61-57-53-49-45-43-39-34-30-26-22-18-14-10-6-2/h9,13,21,25,33,35,37-38,44,46,75-77,82H,5-8,10-12,14-20,22-24,26-32,34,36,39-43,45,47-74H2,1-4H3,(H,87,88)(H,89,90)/b13-9-,25-21-,35-33-,38-37-,46-44-/t75-,76+,77+/m0/s1. The number of aliphatic hydroxyl groups is 1. The molecule has 0 bridgehead atoms. The van der Waals surface area contributed by atoms with E-state index in [0.717, 1.165) is 122 Å². The summed E-state index contributed by atoms with van der Waals surface area (Å²) in [5.41, 5.74) is 0. The minimum absolute atomic E-state index is 0.0937. The number of aliphatic hydroxyl groups excluding tert-OH is 1. The zero-order valence-electron chi connectivity index (χ0n) is 63.9. The van der Waals surface area contributed by atoms with E-state index in [1.54, 1.807) is 0 Å². The molecule has 17 nitrogen and oxygen atoms in total. The van der Waals surface area contributed by atoms with Crippen molar-refractivity contribution in [3.05, 3.63) is 60.8 Å². The van der Waals surface area contributed by atoms with Crippen LogP contribution in [0, 0.1) is 0 Å². The van der Waals surface area contributed by atoms with E-state index in [2.05, 4.69) is 88.5 Å². The van der Waals surface area contributed by atoms with Crippen molar-refractivity contribution in [1.82, 2.24) is 0 Å². The fourth-order valence-electron chi connectivity index (χ4n) is 11.4. The van der Waals surface area contributed by atoms with Crippen LogP contribution in [0.1, 0.15) is 374 Å².